The Hall–Kier alpha value is -2.66. The Balaban J connectivity index is 1.42. The number of aromatic nitrogens is 2. The molecule has 1 N–H and O–H groups in total. The third kappa shape index (κ3) is 3.79. The Bertz CT molecular complexity index is 944. The van der Waals surface area contributed by atoms with E-state index in [1.54, 1.807) is 0 Å². The molecule has 1 aliphatic heterocycles. The van der Waals surface area contributed by atoms with E-state index in [2.05, 4.69) is 51.2 Å². The SMILES string of the molecule is O=C(C1CCCC1)N1CCN(Cc2ccccc2)CC1c1nc2ccccc2[nH]1. The lowest BCUT2D eigenvalue weighted by Crippen LogP contribution is -2.51. The zero-order valence-electron chi connectivity index (χ0n) is 16.8. The predicted octanol–water partition coefficient (Wildman–Crippen LogP) is 4.14. The minimum absolute atomic E-state index is 0.0204. The van der Waals surface area contributed by atoms with Crippen LogP contribution in [0.5, 0.6) is 0 Å². The number of rotatable bonds is 4. The number of carbonyl (C=O) groups is 1. The summed E-state index contributed by atoms with van der Waals surface area (Å²) in [6, 6.07) is 18.7. The quantitative estimate of drug-likeness (QED) is 0.731. The number of imidazole rings is 1. The number of benzene rings is 2. The second kappa shape index (κ2) is 7.99. The van der Waals surface area contributed by atoms with Crippen LogP contribution in [0.2, 0.25) is 0 Å². The summed E-state index contributed by atoms with van der Waals surface area (Å²) in [5.74, 6) is 1.44. The first-order chi connectivity index (χ1) is 14.3. The van der Waals surface area contributed by atoms with Gasteiger partial charge in [0, 0.05) is 32.1 Å². The van der Waals surface area contributed by atoms with E-state index < -0.39 is 0 Å². The Morgan fingerprint density at radius 2 is 1.76 bits per heavy atom. The highest BCUT2D eigenvalue weighted by atomic mass is 16.2. The zero-order chi connectivity index (χ0) is 19.6. The molecule has 1 saturated heterocycles. The van der Waals surface area contributed by atoms with Gasteiger partial charge in [0.1, 0.15) is 11.9 Å². The molecule has 29 heavy (non-hydrogen) atoms. The number of nitrogens with one attached hydrogen (secondary N) is 1. The van der Waals surface area contributed by atoms with Gasteiger partial charge < -0.3 is 9.88 Å². The zero-order valence-corrected chi connectivity index (χ0v) is 16.8. The highest BCUT2D eigenvalue weighted by Crippen LogP contribution is 2.32. The van der Waals surface area contributed by atoms with E-state index in [4.69, 9.17) is 4.98 Å². The number of H-pyrrole nitrogens is 1. The summed E-state index contributed by atoms with van der Waals surface area (Å²) in [6.45, 7) is 3.39. The molecular formula is C24H28N4O. The molecule has 5 heteroatoms. The van der Waals surface area contributed by atoms with Crippen LogP contribution in [-0.4, -0.2) is 45.3 Å². The van der Waals surface area contributed by atoms with Crippen molar-refractivity contribution in [3.8, 4) is 0 Å². The van der Waals surface area contributed by atoms with Gasteiger partial charge in [0.15, 0.2) is 0 Å². The Morgan fingerprint density at radius 1 is 1.00 bits per heavy atom. The van der Waals surface area contributed by atoms with Gasteiger partial charge >= 0.3 is 0 Å². The number of carbonyl (C=O) groups excluding carboxylic acids is 1. The van der Waals surface area contributed by atoms with Crippen LogP contribution in [0.25, 0.3) is 11.0 Å². The second-order valence-corrected chi connectivity index (χ2v) is 8.39. The number of hydrogen-bond donors (Lipinski definition) is 1. The Morgan fingerprint density at radius 3 is 2.55 bits per heavy atom. The van der Waals surface area contributed by atoms with Gasteiger partial charge in [0.2, 0.25) is 5.91 Å². The third-order valence-electron chi connectivity index (χ3n) is 6.42. The van der Waals surface area contributed by atoms with Crippen molar-refractivity contribution in [3.05, 3.63) is 66.0 Å². The molecule has 150 valence electrons. The molecule has 1 aromatic heterocycles. The first-order valence-electron chi connectivity index (χ1n) is 10.8. The molecule has 5 nitrogen and oxygen atoms in total. The lowest BCUT2D eigenvalue weighted by molar-refractivity contribution is -0.141. The van der Waals surface area contributed by atoms with Crippen molar-refractivity contribution in [2.75, 3.05) is 19.6 Å². The van der Waals surface area contributed by atoms with Crippen molar-refractivity contribution < 1.29 is 4.79 Å². The molecule has 2 fully saturated rings. The fraction of sp³-hybridized carbons (Fsp3) is 0.417. The van der Waals surface area contributed by atoms with E-state index in [-0.39, 0.29) is 12.0 Å². The Labute approximate surface area is 171 Å². The monoisotopic (exact) mass is 388 g/mol. The first-order valence-corrected chi connectivity index (χ1v) is 10.8. The van der Waals surface area contributed by atoms with E-state index in [1.807, 2.05) is 18.2 Å². The Kier molecular flexibility index (Phi) is 5.06. The minimum atomic E-state index is -0.0204. The number of fused-ring (bicyclic) bond motifs is 1. The predicted molar refractivity (Wildman–Crippen MR) is 114 cm³/mol. The topological polar surface area (TPSA) is 52.2 Å². The maximum atomic E-state index is 13.3. The van der Waals surface area contributed by atoms with Gasteiger partial charge in [-0.3, -0.25) is 9.69 Å². The van der Waals surface area contributed by atoms with E-state index in [1.165, 1.54) is 18.4 Å². The largest absolute Gasteiger partial charge is 0.340 e. The molecule has 5 rings (SSSR count). The molecular weight excluding hydrogens is 360 g/mol. The summed E-state index contributed by atoms with van der Waals surface area (Å²) in [7, 11) is 0. The van der Waals surface area contributed by atoms with Crippen molar-refractivity contribution in [2.45, 2.75) is 38.3 Å². The van der Waals surface area contributed by atoms with Crippen LogP contribution in [-0.2, 0) is 11.3 Å². The van der Waals surface area contributed by atoms with E-state index in [0.29, 0.717) is 5.91 Å². The van der Waals surface area contributed by atoms with Crippen LogP contribution >= 0.6 is 0 Å². The summed E-state index contributed by atoms with van der Waals surface area (Å²) in [6.07, 6.45) is 4.44. The van der Waals surface area contributed by atoms with Crippen LogP contribution in [0.3, 0.4) is 0 Å². The number of hydrogen-bond acceptors (Lipinski definition) is 3. The third-order valence-corrected chi connectivity index (χ3v) is 6.42. The van der Waals surface area contributed by atoms with Crippen LogP contribution in [0.4, 0.5) is 0 Å². The molecule has 2 heterocycles. The number of piperazine rings is 1. The van der Waals surface area contributed by atoms with Crippen LogP contribution in [0.15, 0.2) is 54.6 Å². The first kappa shape index (κ1) is 18.4. The number of nitrogens with zero attached hydrogens (tertiary/aromatic N) is 3. The molecule has 0 spiro atoms. The average Bonchev–Trinajstić information content (AvgIpc) is 3.44. The van der Waals surface area contributed by atoms with Crippen molar-refractivity contribution in [1.82, 2.24) is 19.8 Å². The molecule has 1 atom stereocenters. The molecule has 2 aliphatic rings. The molecule has 1 amide bonds. The highest BCUT2D eigenvalue weighted by molar-refractivity contribution is 5.80. The number of aromatic amines is 1. The molecule has 1 aliphatic carbocycles. The second-order valence-electron chi connectivity index (χ2n) is 8.39. The molecule has 3 aromatic rings. The van der Waals surface area contributed by atoms with Gasteiger partial charge in [-0.15, -0.1) is 0 Å². The van der Waals surface area contributed by atoms with Gasteiger partial charge in [-0.25, -0.2) is 4.98 Å². The fourth-order valence-electron chi connectivity index (χ4n) is 4.86. The fourth-order valence-corrected chi connectivity index (χ4v) is 4.86. The normalized spacial score (nSPS) is 21.1. The van der Waals surface area contributed by atoms with E-state index >= 15 is 0 Å². The molecule has 1 unspecified atom stereocenters. The minimum Gasteiger partial charge on any atom is -0.340 e. The summed E-state index contributed by atoms with van der Waals surface area (Å²) < 4.78 is 0. The van der Waals surface area contributed by atoms with Crippen LogP contribution < -0.4 is 0 Å². The van der Waals surface area contributed by atoms with Gasteiger partial charge in [0.25, 0.3) is 0 Å². The molecule has 2 aromatic carbocycles. The van der Waals surface area contributed by atoms with Crippen molar-refractivity contribution in [1.29, 1.82) is 0 Å². The van der Waals surface area contributed by atoms with Crippen LogP contribution in [0, 0.1) is 5.92 Å². The van der Waals surface area contributed by atoms with Crippen molar-refractivity contribution in [2.24, 2.45) is 5.92 Å². The molecule has 0 bridgehead atoms. The average molecular weight is 389 g/mol. The standard InChI is InChI=1S/C24H28N4O/c29-24(19-10-4-5-11-19)28-15-14-27(16-18-8-2-1-3-9-18)17-22(28)23-25-20-12-6-7-13-21(20)26-23/h1-3,6-9,12-13,19,22H,4-5,10-11,14-17H2,(H,25,26). The number of para-hydroxylation sites is 2. The summed E-state index contributed by atoms with van der Waals surface area (Å²) >= 11 is 0. The van der Waals surface area contributed by atoms with Gasteiger partial charge in [-0.05, 0) is 30.5 Å². The van der Waals surface area contributed by atoms with Crippen molar-refractivity contribution in [3.63, 3.8) is 0 Å². The van der Waals surface area contributed by atoms with Crippen LogP contribution in [0.1, 0.15) is 43.1 Å². The van der Waals surface area contributed by atoms with Crippen molar-refractivity contribution >= 4 is 16.9 Å². The highest BCUT2D eigenvalue weighted by Gasteiger charge is 2.37. The summed E-state index contributed by atoms with van der Waals surface area (Å²) in [5, 5.41) is 0. The van der Waals surface area contributed by atoms with Gasteiger partial charge in [-0.1, -0.05) is 55.3 Å². The van der Waals surface area contributed by atoms with E-state index in [0.717, 1.165) is 55.9 Å². The molecule has 1 saturated carbocycles. The molecule has 0 radical (unpaired) electrons. The lowest BCUT2D eigenvalue weighted by Gasteiger charge is -2.41. The summed E-state index contributed by atoms with van der Waals surface area (Å²) in [5.41, 5.74) is 3.32. The number of amides is 1. The maximum Gasteiger partial charge on any atom is 0.226 e. The lowest BCUT2D eigenvalue weighted by atomic mass is 10.0. The smallest absolute Gasteiger partial charge is 0.226 e. The maximum absolute atomic E-state index is 13.3. The van der Waals surface area contributed by atoms with Gasteiger partial charge in [0.05, 0.1) is 11.0 Å². The van der Waals surface area contributed by atoms with E-state index in [9.17, 15) is 4.79 Å². The van der Waals surface area contributed by atoms with Gasteiger partial charge in [-0.2, -0.15) is 0 Å². The summed E-state index contributed by atoms with van der Waals surface area (Å²) in [4.78, 5) is 26.2.